The van der Waals surface area contributed by atoms with Crippen molar-refractivity contribution in [3.05, 3.63) is 70.9 Å². The summed E-state index contributed by atoms with van der Waals surface area (Å²) in [5.74, 6) is 0.0961. The van der Waals surface area contributed by atoms with Crippen molar-refractivity contribution in [1.82, 2.24) is 19.8 Å². The Kier molecular flexibility index (Phi) is 5.78. The summed E-state index contributed by atoms with van der Waals surface area (Å²) in [6.45, 7) is 6.30. The number of carbonyl (C=O) groups excluding carboxylic acids is 1. The van der Waals surface area contributed by atoms with E-state index in [-0.39, 0.29) is 5.91 Å². The first-order valence-corrected chi connectivity index (χ1v) is 10.5. The van der Waals surface area contributed by atoms with Crippen molar-refractivity contribution in [3.63, 3.8) is 0 Å². The van der Waals surface area contributed by atoms with Gasteiger partial charge in [-0.05, 0) is 31.0 Å². The average molecular weight is 393 g/mol. The van der Waals surface area contributed by atoms with Crippen LogP contribution in [0.1, 0.15) is 27.3 Å². The summed E-state index contributed by atoms with van der Waals surface area (Å²) >= 11 is 1.45. The second kappa shape index (κ2) is 8.63. The van der Waals surface area contributed by atoms with Crippen LogP contribution in [-0.4, -0.2) is 51.9 Å². The zero-order valence-corrected chi connectivity index (χ0v) is 16.9. The number of nitrogens with zero attached hydrogens (tertiary/aromatic N) is 4. The van der Waals surface area contributed by atoms with E-state index in [1.54, 1.807) is 6.20 Å². The summed E-state index contributed by atoms with van der Waals surface area (Å²) in [6.07, 6.45) is 2.74. The van der Waals surface area contributed by atoms with E-state index >= 15 is 0 Å². The summed E-state index contributed by atoms with van der Waals surface area (Å²) < 4.78 is 0. The van der Waals surface area contributed by atoms with Crippen molar-refractivity contribution < 1.29 is 4.79 Å². The number of hydrogen-bond acceptors (Lipinski definition) is 5. The Morgan fingerprint density at radius 2 is 1.86 bits per heavy atom. The van der Waals surface area contributed by atoms with E-state index in [1.807, 2.05) is 36.1 Å². The van der Waals surface area contributed by atoms with Gasteiger partial charge < -0.3 is 4.90 Å². The Balaban J connectivity index is 1.43. The second-order valence-corrected chi connectivity index (χ2v) is 8.06. The monoisotopic (exact) mass is 392 g/mol. The lowest BCUT2D eigenvalue weighted by molar-refractivity contribution is 0.0765. The molecular formula is C22H24N4OS. The molecule has 1 saturated heterocycles. The normalized spacial score (nSPS) is 15.4. The predicted octanol–water partition coefficient (Wildman–Crippen LogP) is 3.86. The van der Waals surface area contributed by atoms with E-state index in [1.165, 1.54) is 16.9 Å². The molecule has 1 aromatic carbocycles. The average Bonchev–Trinajstić information content (AvgIpc) is 2.97. The van der Waals surface area contributed by atoms with Crippen molar-refractivity contribution in [3.8, 4) is 10.7 Å². The number of aromatic nitrogens is 2. The van der Waals surface area contributed by atoms with Crippen LogP contribution >= 0.6 is 11.3 Å². The van der Waals surface area contributed by atoms with Gasteiger partial charge in [0.1, 0.15) is 9.88 Å². The second-order valence-electron chi connectivity index (χ2n) is 7.06. The van der Waals surface area contributed by atoms with Crippen LogP contribution in [0.2, 0.25) is 0 Å². The van der Waals surface area contributed by atoms with Crippen molar-refractivity contribution >= 4 is 17.2 Å². The molecule has 0 saturated carbocycles. The molecule has 144 valence electrons. The molecule has 0 atom stereocenters. The van der Waals surface area contributed by atoms with Gasteiger partial charge in [-0.2, -0.15) is 0 Å². The van der Waals surface area contributed by atoms with Crippen LogP contribution in [0.15, 0.2) is 54.7 Å². The molecule has 1 amide bonds. The van der Waals surface area contributed by atoms with Gasteiger partial charge in [0.15, 0.2) is 0 Å². The maximum Gasteiger partial charge on any atom is 0.265 e. The standard InChI is InChI=1S/C22H24N4OS/c1-17-20(28-21(24-17)19-10-5-6-11-23-19)22(27)26-13-7-12-25(14-15-26)16-18-8-3-2-4-9-18/h2-6,8-11H,7,12-16H2,1H3. The quantitative estimate of drug-likeness (QED) is 0.676. The molecule has 4 rings (SSSR count). The molecule has 1 aliphatic rings. The minimum absolute atomic E-state index is 0.0961. The molecule has 2 aromatic heterocycles. The van der Waals surface area contributed by atoms with Crippen LogP contribution in [0.4, 0.5) is 0 Å². The molecular weight excluding hydrogens is 368 g/mol. The molecule has 0 spiro atoms. The van der Waals surface area contributed by atoms with E-state index in [0.717, 1.165) is 60.4 Å². The number of rotatable bonds is 4. The Bertz CT molecular complexity index is 926. The predicted molar refractivity (Wildman–Crippen MR) is 112 cm³/mol. The largest absolute Gasteiger partial charge is 0.337 e. The third-order valence-corrected chi connectivity index (χ3v) is 6.17. The highest BCUT2D eigenvalue weighted by Gasteiger charge is 2.24. The summed E-state index contributed by atoms with van der Waals surface area (Å²) in [7, 11) is 0. The maximum absolute atomic E-state index is 13.1. The Hall–Kier alpha value is -2.57. The summed E-state index contributed by atoms with van der Waals surface area (Å²) in [5.41, 5.74) is 2.93. The molecule has 1 fully saturated rings. The van der Waals surface area contributed by atoms with Gasteiger partial charge in [0.25, 0.3) is 5.91 Å². The first kappa shape index (κ1) is 18.8. The van der Waals surface area contributed by atoms with E-state index in [4.69, 9.17) is 0 Å². The van der Waals surface area contributed by atoms with Crippen LogP contribution in [0, 0.1) is 6.92 Å². The number of hydrogen-bond donors (Lipinski definition) is 0. The Morgan fingerprint density at radius 3 is 2.64 bits per heavy atom. The Morgan fingerprint density at radius 1 is 1.04 bits per heavy atom. The highest BCUT2D eigenvalue weighted by Crippen LogP contribution is 2.27. The lowest BCUT2D eigenvalue weighted by Gasteiger charge is -2.21. The number of benzene rings is 1. The number of pyridine rings is 1. The van der Waals surface area contributed by atoms with Crippen molar-refractivity contribution in [1.29, 1.82) is 0 Å². The van der Waals surface area contributed by atoms with E-state index < -0.39 is 0 Å². The van der Waals surface area contributed by atoms with E-state index in [0.29, 0.717) is 0 Å². The van der Waals surface area contributed by atoms with Gasteiger partial charge in [-0.15, -0.1) is 11.3 Å². The van der Waals surface area contributed by atoms with Crippen LogP contribution in [0.3, 0.4) is 0 Å². The summed E-state index contributed by atoms with van der Waals surface area (Å²) in [4.78, 5) is 27.2. The molecule has 0 radical (unpaired) electrons. The van der Waals surface area contributed by atoms with Gasteiger partial charge in [0.2, 0.25) is 0 Å². The van der Waals surface area contributed by atoms with Crippen LogP contribution in [0.5, 0.6) is 0 Å². The molecule has 3 aromatic rings. The van der Waals surface area contributed by atoms with Gasteiger partial charge in [0, 0.05) is 38.9 Å². The third kappa shape index (κ3) is 4.29. The van der Waals surface area contributed by atoms with Gasteiger partial charge in [-0.1, -0.05) is 36.4 Å². The van der Waals surface area contributed by atoms with Gasteiger partial charge in [0.05, 0.1) is 11.4 Å². The van der Waals surface area contributed by atoms with Crippen molar-refractivity contribution in [2.24, 2.45) is 0 Å². The first-order chi connectivity index (χ1) is 13.7. The van der Waals surface area contributed by atoms with Crippen LogP contribution < -0.4 is 0 Å². The van der Waals surface area contributed by atoms with E-state index in [2.05, 4.69) is 39.1 Å². The molecule has 28 heavy (non-hydrogen) atoms. The Labute approximate surface area is 169 Å². The molecule has 5 nitrogen and oxygen atoms in total. The van der Waals surface area contributed by atoms with Crippen molar-refractivity contribution in [2.75, 3.05) is 26.2 Å². The molecule has 0 unspecified atom stereocenters. The SMILES string of the molecule is Cc1nc(-c2ccccn2)sc1C(=O)N1CCCN(Cc2ccccc2)CC1. The molecule has 1 aliphatic heterocycles. The number of aryl methyl sites for hydroxylation is 1. The smallest absolute Gasteiger partial charge is 0.265 e. The van der Waals surface area contributed by atoms with Gasteiger partial charge in [-0.25, -0.2) is 4.98 Å². The zero-order chi connectivity index (χ0) is 19.3. The van der Waals surface area contributed by atoms with Gasteiger partial charge in [-0.3, -0.25) is 14.7 Å². The fourth-order valence-corrected chi connectivity index (χ4v) is 4.52. The number of amides is 1. The molecule has 6 heteroatoms. The van der Waals surface area contributed by atoms with Crippen LogP contribution in [-0.2, 0) is 6.54 Å². The summed E-state index contributed by atoms with van der Waals surface area (Å²) in [6, 6.07) is 16.3. The minimum atomic E-state index is 0.0961. The van der Waals surface area contributed by atoms with Crippen LogP contribution in [0.25, 0.3) is 10.7 Å². The molecule has 0 N–H and O–H groups in total. The minimum Gasteiger partial charge on any atom is -0.337 e. The lowest BCUT2D eigenvalue weighted by Crippen LogP contribution is -2.35. The lowest BCUT2D eigenvalue weighted by atomic mass is 10.2. The maximum atomic E-state index is 13.1. The molecule has 0 aliphatic carbocycles. The van der Waals surface area contributed by atoms with E-state index in [9.17, 15) is 4.79 Å². The fraction of sp³-hybridized carbons (Fsp3) is 0.318. The highest BCUT2D eigenvalue weighted by atomic mass is 32.1. The topological polar surface area (TPSA) is 49.3 Å². The molecule has 0 bridgehead atoms. The van der Waals surface area contributed by atoms with Crippen molar-refractivity contribution in [2.45, 2.75) is 19.9 Å². The number of thiazole rings is 1. The number of carbonyl (C=O) groups is 1. The molecule has 3 heterocycles. The fourth-order valence-electron chi connectivity index (χ4n) is 3.51. The summed E-state index contributed by atoms with van der Waals surface area (Å²) in [5, 5.41) is 0.807. The van der Waals surface area contributed by atoms with Gasteiger partial charge >= 0.3 is 0 Å². The zero-order valence-electron chi connectivity index (χ0n) is 16.0. The first-order valence-electron chi connectivity index (χ1n) is 9.65. The third-order valence-electron chi connectivity index (χ3n) is 5.00. The highest BCUT2D eigenvalue weighted by molar-refractivity contribution is 7.17.